The van der Waals surface area contributed by atoms with Gasteiger partial charge in [0, 0.05) is 25.4 Å². The zero-order valence-electron chi connectivity index (χ0n) is 10.5. The number of aliphatic hydroxyl groups excluding tert-OH is 1. The van der Waals surface area contributed by atoms with E-state index in [1.165, 1.54) is 0 Å². The highest BCUT2D eigenvalue weighted by Gasteiger charge is 2.08. The number of carbonyl (C=O) groups is 1. The Labute approximate surface area is 101 Å². The van der Waals surface area contributed by atoms with Gasteiger partial charge in [-0.3, -0.25) is 10.00 Å². The van der Waals surface area contributed by atoms with Gasteiger partial charge in [0.15, 0.2) is 5.82 Å². The number of urea groups is 1. The van der Waals surface area contributed by atoms with E-state index in [2.05, 4.69) is 15.7 Å². The SMILES string of the molecule is CCCC(O)CNC(=O)Nc1cc(C)n(C)n1. The van der Waals surface area contributed by atoms with Crippen LogP contribution in [0.5, 0.6) is 0 Å². The minimum atomic E-state index is -0.490. The van der Waals surface area contributed by atoms with Crippen LogP contribution in [-0.4, -0.2) is 33.6 Å². The van der Waals surface area contributed by atoms with Gasteiger partial charge in [-0.05, 0) is 13.3 Å². The van der Waals surface area contributed by atoms with Crippen LogP contribution in [0.25, 0.3) is 0 Å². The molecule has 17 heavy (non-hydrogen) atoms. The summed E-state index contributed by atoms with van der Waals surface area (Å²) in [6.07, 6.45) is 1.09. The third-order valence-corrected chi connectivity index (χ3v) is 2.48. The number of hydrogen-bond donors (Lipinski definition) is 3. The van der Waals surface area contributed by atoms with Crippen molar-refractivity contribution in [2.75, 3.05) is 11.9 Å². The highest BCUT2D eigenvalue weighted by molar-refractivity contribution is 5.88. The largest absolute Gasteiger partial charge is 0.391 e. The predicted molar refractivity (Wildman–Crippen MR) is 65.9 cm³/mol. The summed E-state index contributed by atoms with van der Waals surface area (Å²) in [5, 5.41) is 18.7. The van der Waals surface area contributed by atoms with Gasteiger partial charge in [-0.2, -0.15) is 5.10 Å². The number of aryl methyl sites for hydroxylation is 2. The Bertz CT molecular complexity index is 356. The molecule has 1 atom stereocenters. The van der Waals surface area contributed by atoms with E-state index in [-0.39, 0.29) is 12.6 Å². The van der Waals surface area contributed by atoms with Crippen molar-refractivity contribution in [3.05, 3.63) is 11.8 Å². The summed E-state index contributed by atoms with van der Waals surface area (Å²) in [4.78, 5) is 11.5. The molecule has 0 spiro atoms. The zero-order chi connectivity index (χ0) is 12.8. The average Bonchev–Trinajstić information content (AvgIpc) is 2.55. The number of amides is 2. The van der Waals surface area contributed by atoms with Crippen molar-refractivity contribution >= 4 is 11.8 Å². The number of aliphatic hydroxyl groups is 1. The van der Waals surface area contributed by atoms with Gasteiger partial charge in [0.2, 0.25) is 0 Å². The van der Waals surface area contributed by atoms with Crippen LogP contribution in [0.3, 0.4) is 0 Å². The van der Waals surface area contributed by atoms with E-state index in [1.54, 1.807) is 10.7 Å². The number of nitrogens with one attached hydrogen (secondary N) is 2. The van der Waals surface area contributed by atoms with Crippen LogP contribution in [0.2, 0.25) is 0 Å². The number of carbonyl (C=O) groups excluding carboxylic acids is 1. The van der Waals surface area contributed by atoms with Crippen LogP contribution in [-0.2, 0) is 7.05 Å². The van der Waals surface area contributed by atoms with Crippen LogP contribution < -0.4 is 10.6 Å². The molecule has 96 valence electrons. The fourth-order valence-electron chi connectivity index (χ4n) is 1.43. The Morgan fingerprint density at radius 3 is 2.88 bits per heavy atom. The molecule has 3 N–H and O–H groups in total. The maximum absolute atomic E-state index is 11.5. The van der Waals surface area contributed by atoms with E-state index in [9.17, 15) is 9.90 Å². The molecule has 0 saturated carbocycles. The standard InChI is InChI=1S/C11H20N4O2/c1-4-5-9(16)7-12-11(17)13-10-6-8(2)15(3)14-10/h6,9,16H,4-5,7H2,1-3H3,(H2,12,13,14,17). The monoisotopic (exact) mass is 240 g/mol. The quantitative estimate of drug-likeness (QED) is 0.718. The third-order valence-electron chi connectivity index (χ3n) is 2.48. The molecule has 0 radical (unpaired) electrons. The van der Waals surface area contributed by atoms with Gasteiger partial charge < -0.3 is 10.4 Å². The van der Waals surface area contributed by atoms with Crippen molar-refractivity contribution in [2.45, 2.75) is 32.8 Å². The zero-order valence-corrected chi connectivity index (χ0v) is 10.5. The van der Waals surface area contributed by atoms with Crippen LogP contribution >= 0.6 is 0 Å². The predicted octanol–water partition coefficient (Wildman–Crippen LogP) is 1.01. The molecule has 6 nitrogen and oxygen atoms in total. The number of hydrogen-bond acceptors (Lipinski definition) is 3. The molecule has 0 aromatic carbocycles. The van der Waals surface area contributed by atoms with Gasteiger partial charge in [0.05, 0.1) is 6.10 Å². The Morgan fingerprint density at radius 2 is 2.35 bits per heavy atom. The minimum Gasteiger partial charge on any atom is -0.391 e. The molecule has 0 saturated heterocycles. The van der Waals surface area contributed by atoms with Crippen molar-refractivity contribution in [3.8, 4) is 0 Å². The van der Waals surface area contributed by atoms with Crippen molar-refractivity contribution in [3.63, 3.8) is 0 Å². The summed E-state index contributed by atoms with van der Waals surface area (Å²) in [6.45, 7) is 4.15. The molecule has 0 fully saturated rings. The molecule has 1 heterocycles. The fourth-order valence-corrected chi connectivity index (χ4v) is 1.43. The summed E-state index contributed by atoms with van der Waals surface area (Å²) < 4.78 is 1.68. The van der Waals surface area contributed by atoms with Crippen LogP contribution in [0, 0.1) is 6.92 Å². The van der Waals surface area contributed by atoms with E-state index in [4.69, 9.17) is 0 Å². The molecule has 0 aliphatic heterocycles. The lowest BCUT2D eigenvalue weighted by Crippen LogP contribution is -2.35. The summed E-state index contributed by atoms with van der Waals surface area (Å²) in [7, 11) is 1.81. The van der Waals surface area contributed by atoms with Crippen molar-refractivity contribution in [1.29, 1.82) is 0 Å². The Morgan fingerprint density at radius 1 is 1.65 bits per heavy atom. The molecule has 0 aliphatic carbocycles. The first-order valence-electron chi connectivity index (χ1n) is 5.76. The first-order valence-corrected chi connectivity index (χ1v) is 5.76. The smallest absolute Gasteiger partial charge is 0.320 e. The van der Waals surface area contributed by atoms with Crippen LogP contribution in [0.15, 0.2) is 6.07 Å². The molecule has 2 amide bonds. The third kappa shape index (κ3) is 4.44. The van der Waals surface area contributed by atoms with E-state index in [1.807, 2.05) is 20.9 Å². The summed E-state index contributed by atoms with van der Waals surface area (Å²) in [5.74, 6) is 0.507. The van der Waals surface area contributed by atoms with Gasteiger partial charge >= 0.3 is 6.03 Å². The molecular formula is C11H20N4O2. The molecule has 1 rings (SSSR count). The van der Waals surface area contributed by atoms with Gasteiger partial charge in [-0.25, -0.2) is 4.79 Å². The first kappa shape index (κ1) is 13.5. The number of nitrogens with zero attached hydrogens (tertiary/aromatic N) is 2. The van der Waals surface area contributed by atoms with Gasteiger partial charge in [0.25, 0.3) is 0 Å². The van der Waals surface area contributed by atoms with Gasteiger partial charge in [-0.1, -0.05) is 13.3 Å². The number of aromatic nitrogens is 2. The van der Waals surface area contributed by atoms with Gasteiger partial charge in [0.1, 0.15) is 0 Å². The first-order chi connectivity index (χ1) is 8.02. The highest BCUT2D eigenvalue weighted by Crippen LogP contribution is 2.06. The highest BCUT2D eigenvalue weighted by atomic mass is 16.3. The van der Waals surface area contributed by atoms with Crippen molar-refractivity contribution < 1.29 is 9.90 Å². The lowest BCUT2D eigenvalue weighted by Gasteiger charge is -2.10. The normalized spacial score (nSPS) is 12.2. The Balaban J connectivity index is 2.34. The second-order valence-electron chi connectivity index (χ2n) is 4.07. The second kappa shape index (κ2) is 6.24. The second-order valence-corrected chi connectivity index (χ2v) is 4.07. The Kier molecular flexibility index (Phi) is 4.96. The molecule has 0 aliphatic rings. The topological polar surface area (TPSA) is 79.2 Å². The maximum atomic E-state index is 11.5. The molecular weight excluding hydrogens is 220 g/mol. The van der Waals surface area contributed by atoms with Crippen LogP contribution in [0.4, 0.5) is 10.6 Å². The van der Waals surface area contributed by atoms with Gasteiger partial charge in [-0.15, -0.1) is 0 Å². The van der Waals surface area contributed by atoms with E-state index in [0.29, 0.717) is 12.2 Å². The van der Waals surface area contributed by atoms with Crippen LogP contribution in [0.1, 0.15) is 25.5 Å². The lowest BCUT2D eigenvalue weighted by molar-refractivity contribution is 0.162. The number of rotatable bonds is 5. The lowest BCUT2D eigenvalue weighted by atomic mass is 10.2. The van der Waals surface area contributed by atoms with Crippen molar-refractivity contribution in [1.82, 2.24) is 15.1 Å². The molecule has 1 aromatic heterocycles. The summed E-state index contributed by atoms with van der Waals surface area (Å²) in [5.41, 5.74) is 0.964. The average molecular weight is 240 g/mol. The summed E-state index contributed by atoms with van der Waals surface area (Å²) >= 11 is 0. The van der Waals surface area contributed by atoms with E-state index >= 15 is 0 Å². The number of anilines is 1. The van der Waals surface area contributed by atoms with E-state index in [0.717, 1.165) is 12.1 Å². The molecule has 1 unspecified atom stereocenters. The molecule has 1 aromatic rings. The Hall–Kier alpha value is -1.56. The molecule has 0 bridgehead atoms. The maximum Gasteiger partial charge on any atom is 0.320 e. The van der Waals surface area contributed by atoms with E-state index < -0.39 is 6.10 Å². The molecule has 6 heteroatoms. The fraction of sp³-hybridized carbons (Fsp3) is 0.636. The minimum absolute atomic E-state index is 0.255. The van der Waals surface area contributed by atoms with Crippen molar-refractivity contribution in [2.24, 2.45) is 7.05 Å². The summed E-state index contributed by atoms with van der Waals surface area (Å²) in [6, 6.07) is 1.43.